The van der Waals surface area contributed by atoms with Gasteiger partial charge in [-0.1, -0.05) is 32.0 Å². The van der Waals surface area contributed by atoms with Crippen molar-refractivity contribution in [3.05, 3.63) is 53.6 Å². The molecule has 1 amide bonds. The summed E-state index contributed by atoms with van der Waals surface area (Å²) in [5.41, 5.74) is 3.99. The molecule has 0 radical (unpaired) electrons. The van der Waals surface area contributed by atoms with Crippen molar-refractivity contribution < 1.29 is 19.4 Å². The molecule has 132 valence electrons. The molecule has 0 aliphatic heterocycles. The van der Waals surface area contributed by atoms with Crippen LogP contribution in [0.25, 0.3) is 0 Å². The van der Waals surface area contributed by atoms with E-state index in [-0.39, 0.29) is 12.4 Å². The number of para-hydroxylation sites is 1. The van der Waals surface area contributed by atoms with Crippen LogP contribution in [0.1, 0.15) is 30.9 Å². The van der Waals surface area contributed by atoms with E-state index in [9.17, 15) is 9.90 Å². The van der Waals surface area contributed by atoms with Gasteiger partial charge >= 0.3 is 0 Å². The van der Waals surface area contributed by atoms with Gasteiger partial charge < -0.3 is 14.6 Å². The van der Waals surface area contributed by atoms with E-state index in [1.54, 1.807) is 18.2 Å². The van der Waals surface area contributed by atoms with E-state index in [2.05, 4.69) is 24.4 Å². The Morgan fingerprint density at radius 2 is 1.96 bits per heavy atom. The molecule has 0 aromatic heterocycles. The first-order valence-electron chi connectivity index (χ1n) is 7.92. The molecule has 2 aromatic rings. The maximum Gasteiger partial charge on any atom is 0.277 e. The van der Waals surface area contributed by atoms with Gasteiger partial charge in [-0.3, -0.25) is 4.79 Å². The van der Waals surface area contributed by atoms with Crippen LogP contribution >= 0.6 is 0 Å². The lowest BCUT2D eigenvalue weighted by Gasteiger charge is -2.08. The topological polar surface area (TPSA) is 80.2 Å². The number of phenolic OH excluding ortho intramolecular Hbond substituents is 1. The standard InChI is InChI=1S/C19H22N2O4/c1-13(2)14-7-9-16(10-8-14)25-12-18(22)21-20-11-15-5-4-6-17(24-3)19(15)23/h4-11,13,23H,12H2,1-3H3,(H,21,22)/b20-11+. The first kappa shape index (κ1) is 18.3. The van der Waals surface area contributed by atoms with Crippen molar-refractivity contribution in [2.75, 3.05) is 13.7 Å². The number of phenols is 1. The number of methoxy groups -OCH3 is 1. The fourth-order valence-electron chi connectivity index (χ4n) is 2.11. The van der Waals surface area contributed by atoms with Crippen LogP contribution in [0.15, 0.2) is 47.6 Å². The Morgan fingerprint density at radius 3 is 2.60 bits per heavy atom. The number of amides is 1. The molecule has 0 saturated heterocycles. The van der Waals surface area contributed by atoms with E-state index < -0.39 is 5.91 Å². The Kier molecular flexibility index (Phi) is 6.39. The lowest BCUT2D eigenvalue weighted by atomic mass is 10.0. The summed E-state index contributed by atoms with van der Waals surface area (Å²) in [7, 11) is 1.46. The summed E-state index contributed by atoms with van der Waals surface area (Å²) in [5, 5.41) is 13.7. The number of hydrazone groups is 1. The molecule has 2 rings (SSSR count). The number of benzene rings is 2. The molecule has 2 N–H and O–H groups in total. The number of nitrogens with zero attached hydrogens (tertiary/aromatic N) is 1. The summed E-state index contributed by atoms with van der Waals surface area (Å²) >= 11 is 0. The Morgan fingerprint density at radius 1 is 1.24 bits per heavy atom. The van der Waals surface area contributed by atoms with Gasteiger partial charge in [0, 0.05) is 5.56 Å². The van der Waals surface area contributed by atoms with Gasteiger partial charge in [0.05, 0.1) is 13.3 Å². The molecule has 0 unspecified atom stereocenters. The number of hydrogen-bond donors (Lipinski definition) is 2. The van der Waals surface area contributed by atoms with Gasteiger partial charge in [0.15, 0.2) is 18.1 Å². The predicted molar refractivity (Wildman–Crippen MR) is 96.4 cm³/mol. The molecule has 2 aromatic carbocycles. The van der Waals surface area contributed by atoms with Crippen LogP contribution in [0.3, 0.4) is 0 Å². The van der Waals surface area contributed by atoms with E-state index in [0.29, 0.717) is 23.0 Å². The molecule has 0 spiro atoms. The van der Waals surface area contributed by atoms with Crippen LogP contribution < -0.4 is 14.9 Å². The van der Waals surface area contributed by atoms with Crippen molar-refractivity contribution in [1.29, 1.82) is 0 Å². The monoisotopic (exact) mass is 342 g/mol. The highest BCUT2D eigenvalue weighted by Gasteiger charge is 2.06. The highest BCUT2D eigenvalue weighted by molar-refractivity contribution is 5.86. The molecule has 0 saturated carbocycles. The van der Waals surface area contributed by atoms with Crippen molar-refractivity contribution in [2.45, 2.75) is 19.8 Å². The minimum absolute atomic E-state index is 0.0375. The maximum atomic E-state index is 11.8. The summed E-state index contributed by atoms with van der Waals surface area (Å²) < 4.78 is 10.4. The summed E-state index contributed by atoms with van der Waals surface area (Å²) in [6.07, 6.45) is 1.34. The molecule has 0 aliphatic carbocycles. The molecule has 25 heavy (non-hydrogen) atoms. The second kappa shape index (κ2) is 8.73. The predicted octanol–water partition coefficient (Wildman–Crippen LogP) is 3.05. The smallest absolute Gasteiger partial charge is 0.277 e. The average molecular weight is 342 g/mol. The molecule has 0 atom stereocenters. The minimum Gasteiger partial charge on any atom is -0.504 e. The quantitative estimate of drug-likeness (QED) is 0.599. The number of aromatic hydroxyl groups is 1. The van der Waals surface area contributed by atoms with Gasteiger partial charge in [-0.25, -0.2) is 5.43 Å². The largest absolute Gasteiger partial charge is 0.504 e. The zero-order valence-corrected chi connectivity index (χ0v) is 14.5. The molecule has 0 bridgehead atoms. The van der Waals surface area contributed by atoms with Crippen molar-refractivity contribution in [1.82, 2.24) is 5.43 Å². The van der Waals surface area contributed by atoms with Gasteiger partial charge in [-0.05, 0) is 35.7 Å². The number of rotatable bonds is 7. The third-order valence-corrected chi connectivity index (χ3v) is 3.56. The van der Waals surface area contributed by atoms with Gasteiger partial charge in [0.25, 0.3) is 5.91 Å². The minimum atomic E-state index is -0.397. The Balaban J connectivity index is 1.84. The van der Waals surface area contributed by atoms with Crippen LogP contribution in [0.2, 0.25) is 0 Å². The van der Waals surface area contributed by atoms with E-state index in [1.807, 2.05) is 24.3 Å². The van der Waals surface area contributed by atoms with E-state index in [1.165, 1.54) is 18.9 Å². The fourth-order valence-corrected chi connectivity index (χ4v) is 2.11. The van der Waals surface area contributed by atoms with Crippen LogP contribution in [0.5, 0.6) is 17.2 Å². The molecule has 6 heteroatoms. The fraction of sp³-hybridized carbons (Fsp3) is 0.263. The van der Waals surface area contributed by atoms with Gasteiger partial charge in [0.1, 0.15) is 5.75 Å². The Hall–Kier alpha value is -3.02. The zero-order valence-electron chi connectivity index (χ0n) is 14.5. The lowest BCUT2D eigenvalue weighted by Crippen LogP contribution is -2.24. The molecular formula is C19H22N2O4. The highest BCUT2D eigenvalue weighted by atomic mass is 16.5. The summed E-state index contributed by atoms with van der Waals surface area (Å²) in [4.78, 5) is 11.8. The normalized spacial score (nSPS) is 10.9. The third-order valence-electron chi connectivity index (χ3n) is 3.56. The van der Waals surface area contributed by atoms with E-state index in [4.69, 9.17) is 9.47 Å². The van der Waals surface area contributed by atoms with Gasteiger partial charge in [-0.2, -0.15) is 5.10 Å². The summed E-state index contributed by atoms with van der Waals surface area (Å²) in [6.45, 7) is 4.07. The van der Waals surface area contributed by atoms with Crippen molar-refractivity contribution >= 4 is 12.1 Å². The number of hydrogen-bond acceptors (Lipinski definition) is 5. The molecule has 0 fully saturated rings. The summed E-state index contributed by atoms with van der Waals surface area (Å²) in [6, 6.07) is 12.6. The SMILES string of the molecule is COc1cccc(/C=N/NC(=O)COc2ccc(C(C)C)cc2)c1O. The second-order valence-corrected chi connectivity index (χ2v) is 5.70. The van der Waals surface area contributed by atoms with Gasteiger partial charge in [-0.15, -0.1) is 0 Å². The van der Waals surface area contributed by atoms with Crippen molar-refractivity contribution in [3.8, 4) is 17.2 Å². The third kappa shape index (κ3) is 5.24. The second-order valence-electron chi connectivity index (χ2n) is 5.70. The van der Waals surface area contributed by atoms with Gasteiger partial charge in [0.2, 0.25) is 0 Å². The average Bonchev–Trinajstić information content (AvgIpc) is 2.61. The van der Waals surface area contributed by atoms with Crippen LogP contribution in [0, 0.1) is 0 Å². The number of nitrogens with one attached hydrogen (secondary N) is 1. The zero-order chi connectivity index (χ0) is 18.2. The Bertz CT molecular complexity index is 740. The van der Waals surface area contributed by atoms with Crippen LogP contribution in [0.4, 0.5) is 0 Å². The van der Waals surface area contributed by atoms with Crippen LogP contribution in [-0.2, 0) is 4.79 Å². The van der Waals surface area contributed by atoms with Crippen molar-refractivity contribution in [3.63, 3.8) is 0 Å². The van der Waals surface area contributed by atoms with E-state index >= 15 is 0 Å². The highest BCUT2D eigenvalue weighted by Crippen LogP contribution is 2.27. The number of carbonyl (C=O) groups excluding carboxylic acids is 1. The Labute approximate surface area is 147 Å². The van der Waals surface area contributed by atoms with Crippen LogP contribution in [-0.4, -0.2) is 30.9 Å². The molecular weight excluding hydrogens is 320 g/mol. The maximum absolute atomic E-state index is 11.8. The molecule has 6 nitrogen and oxygen atoms in total. The number of ether oxygens (including phenoxy) is 2. The first-order chi connectivity index (χ1) is 12.0. The molecule has 0 heterocycles. The lowest BCUT2D eigenvalue weighted by molar-refractivity contribution is -0.123. The first-order valence-corrected chi connectivity index (χ1v) is 7.92. The summed E-state index contributed by atoms with van der Waals surface area (Å²) in [5.74, 6) is 0.966. The number of carbonyl (C=O) groups is 1. The molecule has 0 aliphatic rings. The van der Waals surface area contributed by atoms with E-state index in [0.717, 1.165) is 0 Å². The van der Waals surface area contributed by atoms with Crippen molar-refractivity contribution in [2.24, 2.45) is 5.10 Å².